The van der Waals surface area contributed by atoms with E-state index in [-0.39, 0.29) is 36.1 Å². The van der Waals surface area contributed by atoms with Gasteiger partial charge in [0.2, 0.25) is 0 Å². The number of aliphatic hydroxyl groups is 1. The first-order valence-electron chi connectivity index (χ1n) is 10.2. The molecule has 0 saturated carbocycles. The Kier molecular flexibility index (Phi) is 6.22. The van der Waals surface area contributed by atoms with Crippen molar-refractivity contribution in [3.63, 3.8) is 0 Å². The van der Waals surface area contributed by atoms with E-state index in [1.165, 1.54) is 0 Å². The van der Waals surface area contributed by atoms with Gasteiger partial charge in [-0.15, -0.1) is 0 Å². The molecule has 0 bridgehead atoms. The third kappa shape index (κ3) is 4.22. The molecule has 1 aromatic carbocycles. The van der Waals surface area contributed by atoms with Gasteiger partial charge in [-0.25, -0.2) is 14.4 Å². The van der Waals surface area contributed by atoms with Crippen LogP contribution in [0.4, 0.5) is 4.39 Å². The van der Waals surface area contributed by atoms with Crippen LogP contribution in [0.5, 0.6) is 11.5 Å². The van der Waals surface area contributed by atoms with Crippen molar-refractivity contribution in [1.29, 1.82) is 0 Å². The number of rotatable bonds is 9. The minimum absolute atomic E-state index is 0.0349. The van der Waals surface area contributed by atoms with E-state index < -0.39 is 12.2 Å². The maximum absolute atomic E-state index is 13.3. The molecule has 0 fully saturated rings. The molecule has 4 aromatic rings. The Morgan fingerprint density at radius 3 is 2.75 bits per heavy atom. The number of hydrogen-bond acceptors (Lipinski definition) is 6. The largest absolute Gasteiger partial charge is 0.497 e. The Balaban J connectivity index is 1.54. The van der Waals surface area contributed by atoms with Crippen molar-refractivity contribution in [1.82, 2.24) is 24.5 Å². The lowest BCUT2D eigenvalue weighted by Crippen LogP contribution is -2.26. The lowest BCUT2D eigenvalue weighted by atomic mass is 10.1. The molecule has 3 aromatic heterocycles. The van der Waals surface area contributed by atoms with Crippen molar-refractivity contribution in [2.75, 3.05) is 20.3 Å². The first-order chi connectivity index (χ1) is 15.5. The van der Waals surface area contributed by atoms with Crippen LogP contribution in [-0.2, 0) is 13.2 Å². The standard InChI is InChI=1S/C22H24FN5O4/c1-13(12-32-15-5-3-4-14(10-15)31-2)16-6-7-17(24-16)20-26-19-21(27-20)25-18(11-23)28(8-9-29)22(19)30/h3-7,10,13,24,29H,8-9,11-12H2,1-2H3,(H,26,27). The Bertz CT molecular complexity index is 1280. The Morgan fingerprint density at radius 2 is 2.00 bits per heavy atom. The van der Waals surface area contributed by atoms with E-state index in [2.05, 4.69) is 19.9 Å². The Labute approximate surface area is 182 Å². The van der Waals surface area contributed by atoms with Crippen LogP contribution >= 0.6 is 0 Å². The molecule has 1 atom stereocenters. The molecular formula is C22H24FN5O4. The molecule has 4 rings (SSSR count). The SMILES string of the molecule is COc1cccc(OCC(C)c2ccc(-c3nc4nc(CF)n(CCO)c(=O)c4[nH]3)[nH]2)c1. The van der Waals surface area contributed by atoms with Gasteiger partial charge >= 0.3 is 0 Å². The molecule has 10 heteroatoms. The van der Waals surface area contributed by atoms with E-state index in [9.17, 15) is 9.18 Å². The highest BCUT2D eigenvalue weighted by atomic mass is 19.1. The highest BCUT2D eigenvalue weighted by Crippen LogP contribution is 2.24. The van der Waals surface area contributed by atoms with Gasteiger partial charge in [-0.2, -0.15) is 0 Å². The maximum atomic E-state index is 13.3. The first kappa shape index (κ1) is 21.6. The summed E-state index contributed by atoms with van der Waals surface area (Å²) in [5.74, 6) is 1.85. The van der Waals surface area contributed by atoms with Crippen molar-refractivity contribution in [2.45, 2.75) is 26.1 Å². The van der Waals surface area contributed by atoms with E-state index in [1.807, 2.05) is 43.3 Å². The lowest BCUT2D eigenvalue weighted by Gasteiger charge is -2.12. The van der Waals surface area contributed by atoms with Gasteiger partial charge < -0.3 is 24.5 Å². The summed E-state index contributed by atoms with van der Waals surface area (Å²) in [4.78, 5) is 27.4. The van der Waals surface area contributed by atoms with Gasteiger partial charge in [0.1, 0.15) is 24.0 Å². The lowest BCUT2D eigenvalue weighted by molar-refractivity contribution is 0.268. The molecule has 9 nitrogen and oxygen atoms in total. The molecule has 168 valence electrons. The quantitative estimate of drug-likeness (QED) is 0.368. The van der Waals surface area contributed by atoms with E-state index in [0.717, 1.165) is 16.0 Å². The zero-order valence-electron chi connectivity index (χ0n) is 17.8. The zero-order chi connectivity index (χ0) is 22.7. The molecule has 3 N–H and O–H groups in total. The number of aromatic nitrogens is 5. The summed E-state index contributed by atoms with van der Waals surface area (Å²) in [7, 11) is 1.61. The van der Waals surface area contributed by atoms with Crippen molar-refractivity contribution < 1.29 is 19.0 Å². The van der Waals surface area contributed by atoms with Crippen LogP contribution in [0.3, 0.4) is 0 Å². The normalized spacial score (nSPS) is 12.2. The summed E-state index contributed by atoms with van der Waals surface area (Å²) in [6.07, 6.45) is 0. The summed E-state index contributed by atoms with van der Waals surface area (Å²) < 4.78 is 25.5. The molecule has 1 unspecified atom stereocenters. The van der Waals surface area contributed by atoms with Crippen molar-refractivity contribution in [3.8, 4) is 23.0 Å². The number of nitrogens with one attached hydrogen (secondary N) is 2. The average Bonchev–Trinajstić information content (AvgIpc) is 3.47. The van der Waals surface area contributed by atoms with Gasteiger partial charge in [0.25, 0.3) is 5.56 Å². The Hall–Kier alpha value is -3.66. The number of methoxy groups -OCH3 is 1. The third-order valence-electron chi connectivity index (χ3n) is 5.17. The summed E-state index contributed by atoms with van der Waals surface area (Å²) in [6.45, 7) is 1.21. The van der Waals surface area contributed by atoms with Crippen LogP contribution in [0, 0.1) is 0 Å². The topological polar surface area (TPSA) is 118 Å². The van der Waals surface area contributed by atoms with Crippen LogP contribution in [0.25, 0.3) is 22.7 Å². The minimum atomic E-state index is -0.926. The second-order valence-corrected chi connectivity index (χ2v) is 7.34. The van der Waals surface area contributed by atoms with Gasteiger partial charge in [0, 0.05) is 17.7 Å². The van der Waals surface area contributed by atoms with Crippen LogP contribution in [-0.4, -0.2) is 49.9 Å². The number of H-pyrrole nitrogens is 2. The summed E-state index contributed by atoms with van der Waals surface area (Å²) in [6, 6.07) is 11.2. The zero-order valence-corrected chi connectivity index (χ0v) is 17.8. The van der Waals surface area contributed by atoms with Gasteiger partial charge in [0.05, 0.1) is 32.6 Å². The first-order valence-corrected chi connectivity index (χ1v) is 10.2. The fourth-order valence-electron chi connectivity index (χ4n) is 3.43. The number of nitrogens with zero attached hydrogens (tertiary/aromatic N) is 3. The fraction of sp³-hybridized carbons (Fsp3) is 0.318. The second-order valence-electron chi connectivity index (χ2n) is 7.34. The number of fused-ring (bicyclic) bond motifs is 1. The van der Waals surface area contributed by atoms with Gasteiger partial charge in [-0.05, 0) is 24.3 Å². The van der Waals surface area contributed by atoms with Crippen LogP contribution in [0.1, 0.15) is 24.4 Å². The van der Waals surface area contributed by atoms with E-state index in [1.54, 1.807) is 7.11 Å². The minimum Gasteiger partial charge on any atom is -0.497 e. The fourth-order valence-corrected chi connectivity index (χ4v) is 3.43. The number of halogens is 1. The number of ether oxygens (including phenoxy) is 2. The van der Waals surface area contributed by atoms with Crippen molar-refractivity contribution in [3.05, 3.63) is 58.3 Å². The Morgan fingerprint density at radius 1 is 1.19 bits per heavy atom. The van der Waals surface area contributed by atoms with Crippen molar-refractivity contribution >= 4 is 11.2 Å². The third-order valence-corrected chi connectivity index (χ3v) is 5.17. The monoisotopic (exact) mass is 441 g/mol. The molecule has 0 aliphatic carbocycles. The second kappa shape index (κ2) is 9.23. The van der Waals surface area contributed by atoms with Gasteiger partial charge in [0.15, 0.2) is 17.0 Å². The van der Waals surface area contributed by atoms with Crippen LogP contribution < -0.4 is 15.0 Å². The number of benzene rings is 1. The highest BCUT2D eigenvalue weighted by molar-refractivity contribution is 5.74. The predicted octanol–water partition coefficient (Wildman–Crippen LogP) is 2.77. The summed E-state index contributed by atoms with van der Waals surface area (Å²) in [5.41, 5.74) is 1.43. The van der Waals surface area contributed by atoms with Gasteiger partial charge in [-0.1, -0.05) is 13.0 Å². The molecule has 0 aliphatic heterocycles. The average molecular weight is 441 g/mol. The molecular weight excluding hydrogens is 417 g/mol. The molecule has 0 saturated heterocycles. The summed E-state index contributed by atoms with van der Waals surface area (Å²) >= 11 is 0. The van der Waals surface area contributed by atoms with Crippen LogP contribution in [0.15, 0.2) is 41.2 Å². The summed E-state index contributed by atoms with van der Waals surface area (Å²) in [5, 5.41) is 9.16. The molecule has 0 radical (unpaired) electrons. The number of aliphatic hydroxyl groups excluding tert-OH is 1. The van der Waals surface area contributed by atoms with E-state index in [0.29, 0.717) is 23.9 Å². The molecule has 0 aliphatic rings. The van der Waals surface area contributed by atoms with Gasteiger partial charge in [-0.3, -0.25) is 9.36 Å². The number of hydrogen-bond donors (Lipinski definition) is 3. The smallest absolute Gasteiger partial charge is 0.279 e. The maximum Gasteiger partial charge on any atom is 0.279 e. The predicted molar refractivity (Wildman–Crippen MR) is 117 cm³/mol. The van der Waals surface area contributed by atoms with Crippen LogP contribution in [0.2, 0.25) is 0 Å². The van der Waals surface area contributed by atoms with E-state index in [4.69, 9.17) is 14.6 Å². The molecule has 3 heterocycles. The molecule has 32 heavy (non-hydrogen) atoms. The molecule has 0 spiro atoms. The molecule has 0 amide bonds. The number of aromatic amines is 2. The van der Waals surface area contributed by atoms with E-state index >= 15 is 0 Å². The number of imidazole rings is 1. The highest BCUT2D eigenvalue weighted by Gasteiger charge is 2.17. The number of alkyl halides is 1. The van der Waals surface area contributed by atoms with Crippen molar-refractivity contribution in [2.24, 2.45) is 0 Å².